The monoisotopic (exact) mass is 1800 g/mol. The molecule has 0 saturated heterocycles. The Kier molecular flexibility index (Phi) is 28.9. The second-order valence-electron chi connectivity index (χ2n) is 36.2. The normalized spacial score (nSPS) is 11.8. The molecule has 0 saturated carbocycles. The van der Waals surface area contributed by atoms with E-state index < -0.39 is 68.4 Å². The van der Waals surface area contributed by atoms with E-state index in [0.29, 0.717) is 128 Å². The molecule has 0 spiro atoms. The van der Waals surface area contributed by atoms with Crippen LogP contribution in [0.2, 0.25) is 0 Å². The molecule has 0 N–H and O–H groups in total. The molecule has 132 heavy (non-hydrogen) atoms. The third kappa shape index (κ3) is 22.9. The second-order valence-corrected chi connectivity index (χ2v) is 50.7. The Hall–Kier alpha value is -13.5. The van der Waals surface area contributed by atoms with Gasteiger partial charge >= 0.3 is 0 Å². The highest BCUT2D eigenvalue weighted by molar-refractivity contribution is 6.74. The Morgan fingerprint density at radius 1 is 0.167 bits per heavy atom. The van der Waals surface area contributed by atoms with Crippen molar-refractivity contribution in [3.05, 3.63) is 582 Å². The van der Waals surface area contributed by atoms with E-state index >= 15 is 17.6 Å². The summed E-state index contributed by atoms with van der Waals surface area (Å²) in [5.74, 6) is -3.06. The Morgan fingerprint density at radius 3 is 0.402 bits per heavy atom. The molecule has 0 heterocycles. The molecule has 0 aromatic heterocycles. The van der Waals surface area contributed by atoms with Gasteiger partial charge in [-0.1, -0.05) is 413 Å². The quantitative estimate of drug-likeness (QED) is 0.0220. The summed E-state index contributed by atoms with van der Waals surface area (Å²) in [6.45, 7) is 7.68. The second kappa shape index (κ2) is 42.2. The van der Waals surface area contributed by atoms with Crippen LogP contribution < -0.4 is 17.7 Å². The van der Waals surface area contributed by atoms with E-state index in [1.165, 1.54) is 0 Å². The van der Waals surface area contributed by atoms with Crippen molar-refractivity contribution < 1.29 is 35.3 Å². The molecule has 0 atom stereocenters. The fourth-order valence-corrected chi connectivity index (χ4v) is 36.8. The summed E-state index contributed by atoms with van der Waals surface area (Å²) >= 11 is 0. The smallest absolute Gasteiger partial charge is 0.264 e. The SMILES string of the molecule is Cc1cc(C(c2ccc(C(c3cc(C)c(O[Si](Cc4ccccc4)(Cc4ccccc4)Cc4ccccc4)c(F)c3)c3cc(C)c(O[Si](Cc4ccccc4)(Cc4ccccc4)Cc4ccccc4)c(F)c3)cc2)c2cc(C)c(O[Si](Cc3ccccc3)(Cc3ccccc3)Cc3ccccc3)c(F)c2)cc(F)c1O[Si](Cc1ccccc1)(Cc1ccccc1)Cc1ccccc1. The lowest BCUT2D eigenvalue weighted by molar-refractivity contribution is 0.469. The van der Waals surface area contributed by atoms with Gasteiger partial charge in [0.1, 0.15) is 23.0 Å². The van der Waals surface area contributed by atoms with Crippen molar-refractivity contribution in [2.45, 2.75) is 112 Å². The van der Waals surface area contributed by atoms with Gasteiger partial charge in [-0.15, -0.1) is 0 Å². The van der Waals surface area contributed by atoms with E-state index in [1.54, 1.807) is 24.3 Å². The third-order valence-electron chi connectivity index (χ3n) is 25.6. The lowest BCUT2D eigenvalue weighted by atomic mass is 9.80. The predicted octanol–water partition coefficient (Wildman–Crippen LogP) is 28.5. The number of hydrogen-bond acceptors (Lipinski definition) is 4. The molecular formula is C120H110F4O4Si4. The zero-order valence-electron chi connectivity index (χ0n) is 75.4. The van der Waals surface area contributed by atoms with Crippen LogP contribution in [-0.2, 0) is 72.5 Å². The fraction of sp³-hybridized carbons (Fsp3) is 0.150. The summed E-state index contributed by atoms with van der Waals surface area (Å²) in [6, 6.07) is 154. The average molecular weight is 1800 g/mol. The van der Waals surface area contributed by atoms with Gasteiger partial charge in [0.25, 0.3) is 33.3 Å². The highest BCUT2D eigenvalue weighted by Gasteiger charge is 2.45. The van der Waals surface area contributed by atoms with Crippen molar-refractivity contribution >= 4 is 33.3 Å². The topological polar surface area (TPSA) is 36.9 Å². The Balaban J connectivity index is 0.827. The van der Waals surface area contributed by atoms with Crippen LogP contribution in [-0.4, -0.2) is 33.3 Å². The molecule has 4 nitrogen and oxygen atoms in total. The maximum Gasteiger partial charge on any atom is 0.264 e. The molecule has 0 fully saturated rings. The minimum absolute atomic E-state index is 0.180. The van der Waals surface area contributed by atoms with Crippen LogP contribution in [0.25, 0.3) is 0 Å². The van der Waals surface area contributed by atoms with Crippen molar-refractivity contribution in [2.75, 3.05) is 0 Å². The maximum atomic E-state index is 18.8. The molecule has 0 radical (unpaired) electrons. The van der Waals surface area contributed by atoms with Crippen molar-refractivity contribution in [1.82, 2.24) is 0 Å². The van der Waals surface area contributed by atoms with Gasteiger partial charge in [0.15, 0.2) is 23.3 Å². The first kappa shape index (κ1) is 90.5. The molecular weight excluding hydrogens is 1690 g/mol. The largest absolute Gasteiger partial charge is 0.540 e. The van der Waals surface area contributed by atoms with Crippen molar-refractivity contribution in [2.24, 2.45) is 0 Å². The van der Waals surface area contributed by atoms with Gasteiger partial charge in [-0.3, -0.25) is 0 Å². The van der Waals surface area contributed by atoms with E-state index in [0.717, 1.165) is 66.8 Å². The van der Waals surface area contributed by atoms with Crippen LogP contribution in [0, 0.1) is 51.0 Å². The number of benzene rings is 17. The van der Waals surface area contributed by atoms with Gasteiger partial charge < -0.3 is 17.7 Å². The first-order chi connectivity index (χ1) is 64.4. The minimum Gasteiger partial charge on any atom is -0.540 e. The van der Waals surface area contributed by atoms with Crippen LogP contribution >= 0.6 is 0 Å². The number of aryl methyl sites for hydroxylation is 4. The number of hydrogen-bond donors (Lipinski definition) is 0. The van der Waals surface area contributed by atoms with Gasteiger partial charge in [-0.2, -0.15) is 0 Å². The van der Waals surface area contributed by atoms with Gasteiger partial charge in [-0.05, 0) is 174 Å². The first-order valence-electron chi connectivity index (χ1n) is 46.0. The minimum atomic E-state index is -3.17. The van der Waals surface area contributed by atoms with Crippen LogP contribution in [0.5, 0.6) is 23.0 Å². The van der Waals surface area contributed by atoms with E-state index in [4.69, 9.17) is 17.7 Å². The summed E-state index contributed by atoms with van der Waals surface area (Å²) in [5.41, 5.74) is 19.3. The average Bonchev–Trinajstić information content (AvgIpc) is 0.759. The van der Waals surface area contributed by atoms with Crippen LogP contribution in [0.15, 0.2) is 437 Å². The molecule has 0 aliphatic carbocycles. The van der Waals surface area contributed by atoms with E-state index in [-0.39, 0.29) is 23.0 Å². The molecule has 17 aromatic carbocycles. The third-order valence-corrected chi connectivity index (χ3v) is 40.8. The number of rotatable bonds is 38. The summed E-state index contributed by atoms with van der Waals surface area (Å²) in [4.78, 5) is 0. The van der Waals surface area contributed by atoms with Crippen molar-refractivity contribution in [3.8, 4) is 23.0 Å². The van der Waals surface area contributed by atoms with Crippen LogP contribution in [0.4, 0.5) is 17.6 Å². The lowest BCUT2D eigenvalue weighted by Crippen LogP contribution is -2.50. The summed E-state index contributed by atoms with van der Waals surface area (Å²) in [7, 11) is -12.7. The first-order valence-corrected chi connectivity index (χ1v) is 56.1. The number of halogens is 4. The Labute approximate surface area is 780 Å². The molecule has 0 bridgehead atoms. The van der Waals surface area contributed by atoms with Gasteiger partial charge in [0, 0.05) is 84.4 Å². The molecule has 0 amide bonds. The Bertz CT molecular complexity index is 5320. The van der Waals surface area contributed by atoms with E-state index in [1.807, 2.05) is 149 Å². The molecule has 12 heteroatoms. The highest BCUT2D eigenvalue weighted by Crippen LogP contribution is 2.46. The van der Waals surface area contributed by atoms with Gasteiger partial charge in [0.2, 0.25) is 0 Å². The maximum absolute atomic E-state index is 18.8. The lowest BCUT2D eigenvalue weighted by Gasteiger charge is -2.35. The highest BCUT2D eigenvalue weighted by atomic mass is 28.4. The van der Waals surface area contributed by atoms with Crippen molar-refractivity contribution in [1.29, 1.82) is 0 Å². The predicted molar refractivity (Wildman–Crippen MR) is 540 cm³/mol. The van der Waals surface area contributed by atoms with Gasteiger partial charge in [-0.25, -0.2) is 17.6 Å². The molecule has 0 aliphatic rings. The van der Waals surface area contributed by atoms with Gasteiger partial charge in [0.05, 0.1) is 0 Å². The Morgan fingerprint density at radius 2 is 0.288 bits per heavy atom. The molecule has 0 aliphatic heterocycles. The fourth-order valence-electron chi connectivity index (χ4n) is 19.9. The summed E-state index contributed by atoms with van der Waals surface area (Å²) < 4.78 is 106. The zero-order chi connectivity index (χ0) is 90.7. The molecule has 0 unspecified atom stereocenters. The molecule has 17 rings (SSSR count). The summed E-state index contributed by atoms with van der Waals surface area (Å²) in [6.07, 6.45) is 0. The van der Waals surface area contributed by atoms with Crippen molar-refractivity contribution in [3.63, 3.8) is 0 Å². The van der Waals surface area contributed by atoms with E-state index in [2.05, 4.69) is 291 Å². The van der Waals surface area contributed by atoms with Crippen LogP contribution in [0.3, 0.4) is 0 Å². The standard InChI is InChI=1S/C120H110F4O4Si4/c1-89-69-107(73-111(121)117(89)125-129(77-93-41-17-5-18-42-93,78-94-43-19-6-20-44-94)79-95-45-21-7-22-46-95)115(108-70-90(2)118(112(122)74-108)126-130(80-96-47-23-8-24-48-96,81-97-49-25-9-26-50-97)82-98-51-27-10-28-52-98)105-65-67-106(68-66-105)116(109-71-91(3)119(113(123)75-109)127-131(83-99-53-29-11-30-54-99,84-100-55-31-12-32-56-100)85-101-57-33-13-34-58-101)110-72-92(4)120(114(124)76-110)128-132(86-102-59-35-14-36-60-102,87-103-61-37-15-38-62-103)88-104-63-39-16-40-64-104/h5-76,115-116H,77-88H2,1-4H3. The molecule has 658 valence electrons. The van der Waals surface area contributed by atoms with E-state index in [9.17, 15) is 0 Å². The molecule has 17 aromatic rings. The van der Waals surface area contributed by atoms with Crippen LogP contribution in [0.1, 0.15) is 134 Å². The zero-order valence-corrected chi connectivity index (χ0v) is 79.4. The summed E-state index contributed by atoms with van der Waals surface area (Å²) in [5, 5.41) is 0.